The number of ether oxygens (including phenoxy) is 1. The fraction of sp³-hybridized carbons (Fsp3) is 0.300. The minimum absolute atomic E-state index is 0.0820. The van der Waals surface area contributed by atoms with Gasteiger partial charge in [0.05, 0.1) is 31.6 Å². The van der Waals surface area contributed by atoms with Crippen LogP contribution in [0.1, 0.15) is 53.3 Å². The number of carbonyl (C=O) groups excluding carboxylic acids is 1. The molecular formula is C30H29FN8O4. The molecule has 0 atom stereocenters. The monoisotopic (exact) mass is 584 g/mol. The molecule has 2 aliphatic rings. The number of amides is 1. The van der Waals surface area contributed by atoms with Crippen molar-refractivity contribution >= 4 is 22.9 Å². The van der Waals surface area contributed by atoms with Crippen LogP contribution in [-0.4, -0.2) is 52.7 Å². The smallest absolute Gasteiger partial charge is 0.286 e. The number of nitrogens with one attached hydrogen (secondary N) is 1. The molecule has 0 radical (unpaired) electrons. The summed E-state index contributed by atoms with van der Waals surface area (Å²) in [6, 6.07) is 11.4. The van der Waals surface area contributed by atoms with Crippen molar-refractivity contribution in [3.8, 4) is 16.9 Å². The lowest BCUT2D eigenvalue weighted by Gasteiger charge is -2.24. The van der Waals surface area contributed by atoms with E-state index in [1.165, 1.54) is 17.1 Å². The number of aromatic nitrogens is 6. The summed E-state index contributed by atoms with van der Waals surface area (Å²) in [6.45, 7) is 0.842. The maximum Gasteiger partial charge on any atom is 0.286 e. The largest absolute Gasteiger partial charge is 0.393 e. The maximum absolute atomic E-state index is 15.8. The molecule has 1 aliphatic carbocycles. The van der Waals surface area contributed by atoms with Gasteiger partial charge in [0.1, 0.15) is 23.2 Å². The first-order valence-electron chi connectivity index (χ1n) is 14.2. The minimum atomic E-state index is -0.671. The molecule has 1 aromatic carbocycles. The number of anilines is 2. The molecule has 0 spiro atoms. The second-order valence-corrected chi connectivity index (χ2v) is 10.8. The van der Waals surface area contributed by atoms with Crippen molar-refractivity contribution in [2.75, 3.05) is 17.7 Å². The molecule has 0 unspecified atom stereocenters. The van der Waals surface area contributed by atoms with Gasteiger partial charge in [0.25, 0.3) is 11.5 Å². The van der Waals surface area contributed by atoms with E-state index in [2.05, 4.69) is 20.4 Å². The van der Waals surface area contributed by atoms with Gasteiger partial charge < -0.3 is 20.9 Å². The Hall–Kier alpha value is -4.88. The van der Waals surface area contributed by atoms with E-state index in [0.717, 1.165) is 18.5 Å². The molecule has 220 valence electrons. The molecule has 43 heavy (non-hydrogen) atoms. The number of aliphatic hydroxyl groups is 1. The van der Waals surface area contributed by atoms with Gasteiger partial charge in [-0.05, 0) is 62.1 Å². The van der Waals surface area contributed by atoms with Gasteiger partial charge in [-0.15, -0.1) is 0 Å². The maximum atomic E-state index is 15.8. The van der Waals surface area contributed by atoms with Crippen LogP contribution in [-0.2, 0) is 17.9 Å². The first kappa shape index (κ1) is 27.0. The third-order valence-electron chi connectivity index (χ3n) is 8.27. The topological polar surface area (TPSA) is 155 Å². The second-order valence-electron chi connectivity index (χ2n) is 10.8. The number of pyridine rings is 1. The number of hydrogen-bond acceptors (Lipinski definition) is 8. The highest BCUT2D eigenvalue weighted by molar-refractivity contribution is 6.05. The summed E-state index contributed by atoms with van der Waals surface area (Å²) in [5, 5.41) is 17.1. The Morgan fingerprint density at radius 1 is 1.09 bits per heavy atom. The van der Waals surface area contributed by atoms with E-state index >= 15 is 4.39 Å². The van der Waals surface area contributed by atoms with E-state index in [9.17, 15) is 14.7 Å². The molecule has 4 N–H and O–H groups in total. The zero-order valence-corrected chi connectivity index (χ0v) is 23.1. The number of hydrogen-bond donors (Lipinski definition) is 3. The molecule has 4 aromatic heterocycles. The zero-order chi connectivity index (χ0) is 29.7. The normalized spacial score (nSPS) is 18.5. The average molecular weight is 585 g/mol. The number of halogens is 1. The predicted molar refractivity (Wildman–Crippen MR) is 155 cm³/mol. The molecule has 1 aliphatic heterocycles. The summed E-state index contributed by atoms with van der Waals surface area (Å²) in [7, 11) is 0. The predicted octanol–water partition coefficient (Wildman–Crippen LogP) is 3.27. The summed E-state index contributed by atoms with van der Waals surface area (Å²) in [5.74, 6) is -0.527. The van der Waals surface area contributed by atoms with Gasteiger partial charge >= 0.3 is 0 Å². The van der Waals surface area contributed by atoms with Crippen LogP contribution >= 0.6 is 0 Å². The Labute approximate surface area is 244 Å². The van der Waals surface area contributed by atoms with Gasteiger partial charge in [-0.3, -0.25) is 14.3 Å². The number of fused-ring (bicyclic) bond motifs is 2. The van der Waals surface area contributed by atoms with Crippen molar-refractivity contribution in [3.63, 3.8) is 0 Å². The van der Waals surface area contributed by atoms with Crippen molar-refractivity contribution in [2.45, 2.75) is 50.9 Å². The Kier molecular flexibility index (Phi) is 6.75. The van der Waals surface area contributed by atoms with Gasteiger partial charge in [0.15, 0.2) is 11.6 Å². The minimum Gasteiger partial charge on any atom is -0.393 e. The van der Waals surface area contributed by atoms with Crippen molar-refractivity contribution in [1.29, 1.82) is 0 Å². The molecule has 13 heteroatoms. The van der Waals surface area contributed by atoms with Crippen molar-refractivity contribution in [2.24, 2.45) is 0 Å². The average Bonchev–Trinajstić information content (AvgIpc) is 3.54. The number of benzene rings is 1. The highest BCUT2D eigenvalue weighted by Crippen LogP contribution is 2.39. The second kappa shape index (κ2) is 10.7. The quantitative estimate of drug-likeness (QED) is 0.284. The summed E-state index contributed by atoms with van der Waals surface area (Å²) in [6.07, 6.45) is 5.55. The summed E-state index contributed by atoms with van der Waals surface area (Å²) >= 11 is 0. The fourth-order valence-corrected chi connectivity index (χ4v) is 6.19. The third kappa shape index (κ3) is 4.66. The summed E-state index contributed by atoms with van der Waals surface area (Å²) < 4.78 is 26.1. The molecule has 1 saturated carbocycles. The van der Waals surface area contributed by atoms with Crippen LogP contribution in [0.25, 0.3) is 22.5 Å². The summed E-state index contributed by atoms with van der Waals surface area (Å²) in [4.78, 5) is 35.3. The van der Waals surface area contributed by atoms with E-state index in [4.69, 9.17) is 10.5 Å². The Morgan fingerprint density at radius 2 is 1.93 bits per heavy atom. The van der Waals surface area contributed by atoms with E-state index < -0.39 is 17.3 Å². The highest BCUT2D eigenvalue weighted by Gasteiger charge is 2.30. The lowest BCUT2D eigenvalue weighted by Crippen LogP contribution is -2.27. The summed E-state index contributed by atoms with van der Waals surface area (Å²) in [5.41, 5.74) is 8.41. The number of carbonyl (C=O) groups is 1. The van der Waals surface area contributed by atoms with Crippen LogP contribution in [0.4, 0.5) is 15.9 Å². The van der Waals surface area contributed by atoms with E-state index in [1.54, 1.807) is 45.7 Å². The van der Waals surface area contributed by atoms with E-state index in [-0.39, 0.29) is 41.3 Å². The molecular weight excluding hydrogens is 555 g/mol. The molecule has 0 bridgehead atoms. The van der Waals surface area contributed by atoms with E-state index in [0.29, 0.717) is 48.6 Å². The van der Waals surface area contributed by atoms with Gasteiger partial charge in [0.2, 0.25) is 0 Å². The highest BCUT2D eigenvalue weighted by atomic mass is 19.1. The molecule has 5 heterocycles. The molecule has 7 rings (SSSR count). The SMILES string of the molecule is Nc1ncnn2c(C3CCC(O)CC3)cc(-c3ccc(NC(=O)c4c5n(n(-c6ccccn6)c4=O)CCOC5)cc3F)c12. The molecule has 12 nitrogen and oxygen atoms in total. The first-order valence-corrected chi connectivity index (χ1v) is 14.2. The lowest BCUT2D eigenvalue weighted by molar-refractivity contribution is 0.0755. The number of nitrogens with two attached hydrogens (primary N) is 1. The number of rotatable bonds is 5. The number of nitrogens with zero attached hydrogens (tertiary/aromatic N) is 6. The Bertz CT molecular complexity index is 1910. The van der Waals surface area contributed by atoms with Crippen LogP contribution in [0.5, 0.6) is 0 Å². The first-order chi connectivity index (χ1) is 20.9. The van der Waals surface area contributed by atoms with Gasteiger partial charge in [0, 0.05) is 34.6 Å². The molecule has 0 saturated heterocycles. The lowest BCUT2D eigenvalue weighted by atomic mass is 9.85. The molecule has 5 aromatic rings. The standard InChI is InChI=1S/C30H29FN8O4/c31-22-13-18(36-29(41)26-24-15-43-12-11-37(24)39(30(26)42)25-3-1-2-10-33-25)6-9-20(22)21-14-23(17-4-7-19(40)8-5-17)38-27(21)28(32)34-16-35-38/h1-3,6,9-10,13-14,16-17,19,40H,4-5,7-8,11-12,15H2,(H,36,41)(H2,32,34,35). The molecule has 1 amide bonds. The Morgan fingerprint density at radius 3 is 2.70 bits per heavy atom. The van der Waals surface area contributed by atoms with Gasteiger partial charge in [-0.25, -0.2) is 18.9 Å². The van der Waals surface area contributed by atoms with Gasteiger partial charge in [-0.2, -0.15) is 9.78 Å². The van der Waals surface area contributed by atoms with Crippen LogP contribution in [0.3, 0.4) is 0 Å². The van der Waals surface area contributed by atoms with Crippen LogP contribution in [0.15, 0.2) is 59.8 Å². The van der Waals surface area contributed by atoms with Crippen molar-refractivity contribution in [3.05, 3.63) is 88.1 Å². The van der Waals surface area contributed by atoms with Crippen LogP contribution in [0, 0.1) is 5.82 Å². The van der Waals surface area contributed by atoms with Crippen LogP contribution in [0.2, 0.25) is 0 Å². The van der Waals surface area contributed by atoms with E-state index in [1.807, 2.05) is 6.07 Å². The van der Waals surface area contributed by atoms with Crippen molar-refractivity contribution in [1.82, 2.24) is 28.9 Å². The fourth-order valence-electron chi connectivity index (χ4n) is 6.19. The molecule has 1 fully saturated rings. The zero-order valence-electron chi connectivity index (χ0n) is 23.1. The van der Waals surface area contributed by atoms with Crippen LogP contribution < -0.4 is 16.6 Å². The number of aliphatic hydroxyl groups excluding tert-OH is 1. The number of nitrogen functional groups attached to an aromatic ring is 1. The van der Waals surface area contributed by atoms with Gasteiger partial charge in [-0.1, -0.05) is 6.07 Å². The third-order valence-corrected chi connectivity index (χ3v) is 8.27. The van der Waals surface area contributed by atoms with Crippen molar-refractivity contribution < 1.29 is 19.0 Å². The Balaban J connectivity index is 1.22.